The second-order valence-corrected chi connectivity index (χ2v) is 2.13. The van der Waals surface area contributed by atoms with E-state index in [0.717, 1.165) is 6.42 Å². The van der Waals surface area contributed by atoms with Crippen molar-refractivity contribution in [1.29, 1.82) is 0 Å². The van der Waals surface area contributed by atoms with Crippen LogP contribution < -0.4 is 11.5 Å². The van der Waals surface area contributed by atoms with Gasteiger partial charge in [0.25, 0.3) is 0 Å². The van der Waals surface area contributed by atoms with Gasteiger partial charge in [-0.25, -0.2) is 0 Å². The lowest BCUT2D eigenvalue weighted by molar-refractivity contribution is -0.123. The maximum absolute atomic E-state index is 9.92. The Labute approximate surface area is 72.6 Å². The average molecular weight is 172 g/mol. The largest absolute Gasteiger partial charge is 0.370 e. The van der Waals surface area contributed by atoms with Crippen LogP contribution in [0.2, 0.25) is 0 Å². The predicted molar refractivity (Wildman–Crippen MR) is 48.1 cm³/mol. The number of allylic oxidation sites excluding steroid dienone is 1. The van der Waals surface area contributed by atoms with Crippen LogP contribution >= 0.6 is 0 Å². The van der Waals surface area contributed by atoms with E-state index in [1.54, 1.807) is 0 Å². The van der Waals surface area contributed by atoms with Gasteiger partial charge in [0.15, 0.2) is 0 Å². The summed E-state index contributed by atoms with van der Waals surface area (Å²) in [5.41, 5.74) is 9.39. The highest BCUT2D eigenvalue weighted by molar-refractivity contribution is 5.81. The SMILES string of the molecule is C=CCC.NC(=O)CCC(N)=O. The van der Waals surface area contributed by atoms with Crippen LogP contribution in [-0.2, 0) is 9.59 Å². The first-order valence-corrected chi connectivity index (χ1v) is 3.72. The third-order valence-corrected chi connectivity index (χ3v) is 0.906. The number of hydrogen-bond donors (Lipinski definition) is 2. The van der Waals surface area contributed by atoms with E-state index in [2.05, 4.69) is 13.5 Å². The molecule has 4 heteroatoms. The maximum atomic E-state index is 9.92. The van der Waals surface area contributed by atoms with E-state index < -0.39 is 11.8 Å². The number of carbonyl (C=O) groups is 2. The summed E-state index contributed by atoms with van der Waals surface area (Å²) >= 11 is 0. The normalized spacial score (nSPS) is 7.75. The van der Waals surface area contributed by atoms with Crippen molar-refractivity contribution in [2.45, 2.75) is 26.2 Å². The number of rotatable bonds is 4. The van der Waals surface area contributed by atoms with Crippen LogP contribution in [-0.4, -0.2) is 11.8 Å². The minimum absolute atomic E-state index is 0.0509. The Kier molecular flexibility index (Phi) is 10.7. The van der Waals surface area contributed by atoms with Crippen molar-refractivity contribution < 1.29 is 9.59 Å². The van der Waals surface area contributed by atoms with E-state index in [-0.39, 0.29) is 12.8 Å². The van der Waals surface area contributed by atoms with Crippen molar-refractivity contribution in [3.05, 3.63) is 12.7 Å². The van der Waals surface area contributed by atoms with Crippen LogP contribution in [0.15, 0.2) is 12.7 Å². The van der Waals surface area contributed by atoms with Gasteiger partial charge in [0, 0.05) is 12.8 Å². The summed E-state index contributed by atoms with van der Waals surface area (Å²) in [7, 11) is 0. The van der Waals surface area contributed by atoms with Crippen LogP contribution in [0.1, 0.15) is 26.2 Å². The molecule has 12 heavy (non-hydrogen) atoms. The van der Waals surface area contributed by atoms with E-state index >= 15 is 0 Å². The van der Waals surface area contributed by atoms with E-state index in [9.17, 15) is 9.59 Å². The van der Waals surface area contributed by atoms with Gasteiger partial charge >= 0.3 is 0 Å². The molecular formula is C8H16N2O2. The van der Waals surface area contributed by atoms with Crippen LogP contribution in [0.25, 0.3) is 0 Å². The molecule has 0 saturated heterocycles. The second kappa shape index (κ2) is 9.68. The van der Waals surface area contributed by atoms with Gasteiger partial charge in [0.1, 0.15) is 0 Å². The molecule has 4 N–H and O–H groups in total. The zero-order valence-electron chi connectivity index (χ0n) is 7.38. The molecule has 0 saturated carbocycles. The second-order valence-electron chi connectivity index (χ2n) is 2.13. The van der Waals surface area contributed by atoms with Gasteiger partial charge < -0.3 is 11.5 Å². The molecule has 0 radical (unpaired) electrons. The zero-order chi connectivity index (χ0) is 9.98. The minimum Gasteiger partial charge on any atom is -0.370 e. The maximum Gasteiger partial charge on any atom is 0.217 e. The first-order valence-electron chi connectivity index (χ1n) is 3.72. The highest BCUT2D eigenvalue weighted by atomic mass is 16.2. The molecule has 0 rings (SSSR count). The summed E-state index contributed by atoms with van der Waals surface area (Å²) in [4.78, 5) is 19.8. The van der Waals surface area contributed by atoms with E-state index in [1.807, 2.05) is 6.08 Å². The summed E-state index contributed by atoms with van der Waals surface area (Å²) in [5.74, 6) is -0.993. The minimum atomic E-state index is -0.496. The summed E-state index contributed by atoms with van der Waals surface area (Å²) in [6.45, 7) is 5.54. The Balaban J connectivity index is 0. The molecule has 0 bridgehead atoms. The van der Waals surface area contributed by atoms with Gasteiger partial charge in [-0.05, 0) is 6.42 Å². The van der Waals surface area contributed by atoms with Gasteiger partial charge in [0.2, 0.25) is 11.8 Å². The first-order chi connectivity index (χ1) is 5.54. The van der Waals surface area contributed by atoms with Crippen molar-refractivity contribution in [3.8, 4) is 0 Å². The van der Waals surface area contributed by atoms with Crippen molar-refractivity contribution in [2.75, 3.05) is 0 Å². The molecule has 0 aliphatic carbocycles. The van der Waals surface area contributed by atoms with Crippen LogP contribution in [0.3, 0.4) is 0 Å². The smallest absolute Gasteiger partial charge is 0.217 e. The molecule has 0 spiro atoms. The monoisotopic (exact) mass is 172 g/mol. The van der Waals surface area contributed by atoms with Crippen LogP contribution in [0, 0.1) is 0 Å². The highest BCUT2D eigenvalue weighted by Crippen LogP contribution is 1.82. The van der Waals surface area contributed by atoms with Crippen LogP contribution in [0.4, 0.5) is 0 Å². The summed E-state index contributed by atoms with van der Waals surface area (Å²) < 4.78 is 0. The molecule has 0 atom stereocenters. The number of primary amides is 2. The van der Waals surface area contributed by atoms with Gasteiger partial charge in [-0.2, -0.15) is 0 Å². The standard InChI is InChI=1S/C4H8N2O2.C4H8/c5-3(7)1-2-4(6)8;1-3-4-2/h1-2H2,(H2,5,7)(H2,6,8);3H,1,4H2,2H3. The number of carbonyl (C=O) groups excluding carboxylic acids is 2. The van der Waals surface area contributed by atoms with Crippen molar-refractivity contribution in [3.63, 3.8) is 0 Å². The van der Waals surface area contributed by atoms with E-state index in [4.69, 9.17) is 11.5 Å². The summed E-state index contributed by atoms with van der Waals surface area (Å²) in [6.07, 6.45) is 3.06. The fourth-order valence-corrected chi connectivity index (χ4v) is 0.246. The molecule has 0 aromatic carbocycles. The Bertz CT molecular complexity index is 141. The summed E-state index contributed by atoms with van der Waals surface area (Å²) in [6, 6.07) is 0. The third-order valence-electron chi connectivity index (χ3n) is 0.906. The fourth-order valence-electron chi connectivity index (χ4n) is 0.246. The highest BCUT2D eigenvalue weighted by Gasteiger charge is 1.96. The molecule has 0 fully saturated rings. The molecule has 2 amide bonds. The number of hydrogen-bond acceptors (Lipinski definition) is 2. The van der Waals surface area contributed by atoms with Gasteiger partial charge in [0.05, 0.1) is 0 Å². The number of amides is 2. The molecule has 0 heterocycles. The Morgan fingerprint density at radius 3 is 1.58 bits per heavy atom. The molecule has 70 valence electrons. The lowest BCUT2D eigenvalue weighted by atomic mass is 10.3. The Hall–Kier alpha value is -1.32. The van der Waals surface area contributed by atoms with Crippen molar-refractivity contribution in [2.24, 2.45) is 11.5 Å². The number of nitrogens with two attached hydrogens (primary N) is 2. The zero-order valence-corrected chi connectivity index (χ0v) is 7.38. The molecular weight excluding hydrogens is 156 g/mol. The molecule has 0 unspecified atom stereocenters. The quantitative estimate of drug-likeness (QED) is 0.598. The fraction of sp³-hybridized carbons (Fsp3) is 0.500. The van der Waals surface area contributed by atoms with Gasteiger partial charge in [-0.1, -0.05) is 13.0 Å². The average Bonchev–Trinajstić information content (AvgIpc) is 2.01. The molecule has 0 aliphatic rings. The lowest BCUT2D eigenvalue weighted by Crippen LogP contribution is -2.16. The topological polar surface area (TPSA) is 86.2 Å². The molecule has 0 aromatic heterocycles. The predicted octanol–water partition coefficient (Wildman–Crippen LogP) is 0.320. The van der Waals surface area contributed by atoms with E-state index in [1.165, 1.54) is 0 Å². The van der Waals surface area contributed by atoms with Gasteiger partial charge in [-0.3, -0.25) is 9.59 Å². The van der Waals surface area contributed by atoms with Crippen molar-refractivity contribution >= 4 is 11.8 Å². The summed E-state index contributed by atoms with van der Waals surface area (Å²) in [5, 5.41) is 0. The van der Waals surface area contributed by atoms with Crippen LogP contribution in [0.5, 0.6) is 0 Å². The first kappa shape index (κ1) is 13.3. The third kappa shape index (κ3) is 23.4. The Morgan fingerprint density at radius 2 is 1.50 bits per heavy atom. The molecule has 0 aliphatic heterocycles. The van der Waals surface area contributed by atoms with Gasteiger partial charge in [-0.15, -0.1) is 6.58 Å². The Morgan fingerprint density at radius 1 is 1.25 bits per heavy atom. The molecule has 4 nitrogen and oxygen atoms in total. The lowest BCUT2D eigenvalue weighted by Gasteiger charge is -1.87. The van der Waals surface area contributed by atoms with Crippen molar-refractivity contribution in [1.82, 2.24) is 0 Å². The van der Waals surface area contributed by atoms with E-state index in [0.29, 0.717) is 0 Å². The molecule has 0 aromatic rings.